The number of rotatable bonds is 2. The Morgan fingerprint density at radius 2 is 2.19 bits per heavy atom. The quantitative estimate of drug-likeness (QED) is 0.773. The smallest absolute Gasteiger partial charge is 0.309 e. The van der Waals surface area contributed by atoms with Crippen LogP contribution >= 0.6 is 0 Å². The Morgan fingerprint density at radius 3 is 2.69 bits per heavy atom. The second kappa shape index (κ2) is 4.45. The van der Waals surface area contributed by atoms with Crippen LogP contribution < -0.4 is 0 Å². The van der Waals surface area contributed by atoms with Gasteiger partial charge in [0.1, 0.15) is 0 Å². The first-order valence-corrected chi connectivity index (χ1v) is 5.87. The summed E-state index contributed by atoms with van der Waals surface area (Å²) in [5.41, 5.74) is 0.748. The van der Waals surface area contributed by atoms with Crippen molar-refractivity contribution in [3.05, 3.63) is 11.8 Å². The highest BCUT2D eigenvalue weighted by Crippen LogP contribution is 2.36. The summed E-state index contributed by atoms with van der Waals surface area (Å²) >= 11 is 0. The number of allylic oxidation sites excluding steroid dienone is 2. The van der Waals surface area contributed by atoms with Crippen LogP contribution in [0.4, 0.5) is 0 Å². The van der Waals surface area contributed by atoms with Crippen molar-refractivity contribution in [1.82, 2.24) is 4.90 Å². The van der Waals surface area contributed by atoms with Gasteiger partial charge in [0.05, 0.1) is 18.6 Å². The average Bonchev–Trinajstić information content (AvgIpc) is 2.31. The maximum absolute atomic E-state index is 11.1. The van der Waals surface area contributed by atoms with Crippen molar-refractivity contribution < 1.29 is 14.6 Å². The molecule has 1 heterocycles. The number of hydrogen-bond donors (Lipinski definition) is 1. The van der Waals surface area contributed by atoms with Crippen LogP contribution in [-0.2, 0) is 9.53 Å². The summed E-state index contributed by atoms with van der Waals surface area (Å²) < 4.78 is 5.31. The van der Waals surface area contributed by atoms with E-state index in [0.29, 0.717) is 6.42 Å². The molecule has 0 aromatic rings. The van der Waals surface area contributed by atoms with Crippen LogP contribution in [0.3, 0.4) is 0 Å². The van der Waals surface area contributed by atoms with Gasteiger partial charge in [-0.3, -0.25) is 4.79 Å². The fourth-order valence-electron chi connectivity index (χ4n) is 2.28. The topological polar surface area (TPSA) is 49.8 Å². The molecule has 0 amide bonds. The largest absolute Gasteiger partial charge is 0.481 e. The lowest BCUT2D eigenvalue weighted by atomic mass is 9.78. The second-order valence-electron chi connectivity index (χ2n) is 4.86. The summed E-state index contributed by atoms with van der Waals surface area (Å²) in [6.07, 6.45) is 4.37. The molecule has 2 aliphatic rings. The molecule has 4 heteroatoms. The van der Waals surface area contributed by atoms with Crippen LogP contribution in [0.2, 0.25) is 0 Å². The van der Waals surface area contributed by atoms with Gasteiger partial charge in [0, 0.05) is 18.8 Å². The molecule has 0 spiro atoms. The molecule has 1 N–H and O–H groups in total. The Kier molecular flexibility index (Phi) is 3.19. The third-order valence-corrected chi connectivity index (χ3v) is 3.65. The summed E-state index contributed by atoms with van der Waals surface area (Å²) in [6, 6.07) is 0. The highest BCUT2D eigenvalue weighted by molar-refractivity contribution is 5.74. The zero-order valence-electron chi connectivity index (χ0n) is 9.74. The number of carboxylic acids is 1. The molecule has 0 bridgehead atoms. The predicted molar refractivity (Wildman–Crippen MR) is 60.1 cm³/mol. The van der Waals surface area contributed by atoms with Gasteiger partial charge in [-0.25, -0.2) is 0 Å². The molecular weight excluding hydrogens is 206 g/mol. The lowest BCUT2D eigenvalue weighted by molar-refractivity contribution is -0.148. The van der Waals surface area contributed by atoms with Crippen molar-refractivity contribution in [2.24, 2.45) is 5.41 Å². The molecule has 1 fully saturated rings. The van der Waals surface area contributed by atoms with Gasteiger partial charge in [0.25, 0.3) is 0 Å². The van der Waals surface area contributed by atoms with Gasteiger partial charge in [0.15, 0.2) is 0 Å². The van der Waals surface area contributed by atoms with E-state index in [9.17, 15) is 4.79 Å². The minimum Gasteiger partial charge on any atom is -0.481 e. The van der Waals surface area contributed by atoms with E-state index in [0.717, 1.165) is 39.1 Å². The molecular formula is C12H19NO3. The van der Waals surface area contributed by atoms with Gasteiger partial charge >= 0.3 is 5.97 Å². The Balaban J connectivity index is 1.99. The van der Waals surface area contributed by atoms with Crippen LogP contribution in [0.1, 0.15) is 26.2 Å². The SMILES string of the molecule is CC1(C(=O)O)CC=C(N2CCOCC2)CC1. The van der Waals surface area contributed by atoms with Crippen molar-refractivity contribution in [1.29, 1.82) is 0 Å². The first kappa shape index (κ1) is 11.5. The zero-order valence-corrected chi connectivity index (χ0v) is 9.74. The van der Waals surface area contributed by atoms with E-state index in [-0.39, 0.29) is 0 Å². The van der Waals surface area contributed by atoms with Gasteiger partial charge in [0.2, 0.25) is 0 Å². The summed E-state index contributed by atoms with van der Waals surface area (Å²) in [4.78, 5) is 13.4. The van der Waals surface area contributed by atoms with Gasteiger partial charge in [-0.1, -0.05) is 6.08 Å². The maximum atomic E-state index is 11.1. The second-order valence-corrected chi connectivity index (χ2v) is 4.86. The lowest BCUT2D eigenvalue weighted by Gasteiger charge is -2.36. The molecule has 16 heavy (non-hydrogen) atoms. The number of hydrogen-bond acceptors (Lipinski definition) is 3. The number of morpholine rings is 1. The first-order valence-electron chi connectivity index (χ1n) is 5.87. The molecule has 1 aliphatic carbocycles. The van der Waals surface area contributed by atoms with Crippen molar-refractivity contribution in [3.63, 3.8) is 0 Å². The standard InChI is InChI=1S/C12H19NO3/c1-12(11(14)15)4-2-10(3-5-12)13-6-8-16-9-7-13/h2H,3-9H2,1H3,(H,14,15). The fraction of sp³-hybridized carbons (Fsp3) is 0.750. The maximum Gasteiger partial charge on any atom is 0.309 e. The van der Waals surface area contributed by atoms with Gasteiger partial charge < -0.3 is 14.7 Å². The summed E-state index contributed by atoms with van der Waals surface area (Å²) in [7, 11) is 0. The molecule has 0 aromatic heterocycles. The molecule has 1 unspecified atom stereocenters. The van der Waals surface area contributed by atoms with Crippen LogP contribution in [0, 0.1) is 5.41 Å². The minimum atomic E-state index is -0.676. The van der Waals surface area contributed by atoms with Crippen LogP contribution in [0.25, 0.3) is 0 Å². The van der Waals surface area contributed by atoms with Crippen LogP contribution in [0.5, 0.6) is 0 Å². The van der Waals surface area contributed by atoms with E-state index >= 15 is 0 Å². The Morgan fingerprint density at radius 1 is 1.50 bits per heavy atom. The number of carbonyl (C=O) groups is 1. The summed E-state index contributed by atoms with van der Waals surface area (Å²) in [6.45, 7) is 5.29. The van der Waals surface area contributed by atoms with E-state index in [1.807, 2.05) is 6.92 Å². The molecule has 0 aromatic carbocycles. The van der Waals surface area contributed by atoms with E-state index < -0.39 is 11.4 Å². The van der Waals surface area contributed by atoms with Crippen molar-refractivity contribution in [3.8, 4) is 0 Å². The highest BCUT2D eigenvalue weighted by Gasteiger charge is 2.35. The van der Waals surface area contributed by atoms with Gasteiger partial charge in [-0.05, 0) is 26.2 Å². The molecule has 90 valence electrons. The highest BCUT2D eigenvalue weighted by atomic mass is 16.5. The third kappa shape index (κ3) is 2.21. The average molecular weight is 225 g/mol. The Hall–Kier alpha value is -1.03. The van der Waals surface area contributed by atoms with Crippen molar-refractivity contribution in [2.75, 3.05) is 26.3 Å². The number of carboxylic acid groups (broad SMARTS) is 1. The molecule has 2 rings (SSSR count). The Bertz CT molecular complexity index is 307. The Labute approximate surface area is 95.9 Å². The van der Waals surface area contributed by atoms with Gasteiger partial charge in [-0.2, -0.15) is 0 Å². The normalized spacial score (nSPS) is 31.1. The molecule has 0 saturated carbocycles. The lowest BCUT2D eigenvalue weighted by Crippen LogP contribution is -2.38. The monoisotopic (exact) mass is 225 g/mol. The number of aliphatic carboxylic acids is 1. The fourth-order valence-corrected chi connectivity index (χ4v) is 2.28. The van der Waals surface area contributed by atoms with E-state index in [2.05, 4.69) is 11.0 Å². The zero-order chi connectivity index (χ0) is 11.6. The minimum absolute atomic E-state index is 0.560. The van der Waals surface area contributed by atoms with Gasteiger partial charge in [-0.15, -0.1) is 0 Å². The van der Waals surface area contributed by atoms with Crippen molar-refractivity contribution in [2.45, 2.75) is 26.2 Å². The van der Waals surface area contributed by atoms with E-state index in [1.54, 1.807) is 0 Å². The summed E-state index contributed by atoms with van der Waals surface area (Å²) in [5, 5.41) is 9.13. The molecule has 1 atom stereocenters. The number of ether oxygens (including phenoxy) is 1. The summed E-state index contributed by atoms with van der Waals surface area (Å²) in [5.74, 6) is -0.676. The van der Waals surface area contributed by atoms with Crippen molar-refractivity contribution >= 4 is 5.97 Å². The van der Waals surface area contributed by atoms with Crippen LogP contribution in [0.15, 0.2) is 11.8 Å². The molecule has 0 radical (unpaired) electrons. The number of nitrogens with zero attached hydrogens (tertiary/aromatic N) is 1. The third-order valence-electron chi connectivity index (χ3n) is 3.65. The van der Waals surface area contributed by atoms with E-state index in [4.69, 9.17) is 9.84 Å². The first-order chi connectivity index (χ1) is 7.62. The molecule has 1 aliphatic heterocycles. The predicted octanol–water partition coefficient (Wildman–Crippen LogP) is 1.48. The molecule has 4 nitrogen and oxygen atoms in total. The van der Waals surface area contributed by atoms with Crippen LogP contribution in [-0.4, -0.2) is 42.3 Å². The van der Waals surface area contributed by atoms with E-state index in [1.165, 1.54) is 5.70 Å². The molecule has 1 saturated heterocycles.